The molecule has 3 aliphatic heterocycles. The molecule has 1 saturated carbocycles. The molecule has 212 valence electrons. The number of amides is 3. The number of carbonyl (C=O) groups excluding carboxylic acids is 3. The van der Waals surface area contributed by atoms with Crippen molar-refractivity contribution < 1.29 is 23.9 Å². The van der Waals surface area contributed by atoms with E-state index < -0.39 is 29.6 Å². The molecule has 2 saturated heterocycles. The average molecular weight is 538 g/mol. The van der Waals surface area contributed by atoms with Gasteiger partial charge in [-0.25, -0.2) is 0 Å². The van der Waals surface area contributed by atoms with Crippen molar-refractivity contribution in [2.24, 2.45) is 11.8 Å². The Bertz CT molecular complexity index is 1090. The molecule has 1 aliphatic carbocycles. The van der Waals surface area contributed by atoms with Crippen molar-refractivity contribution in [3.63, 3.8) is 0 Å². The second-order valence-corrected chi connectivity index (χ2v) is 12.1. The topological polar surface area (TPSA) is 97.0 Å². The molecule has 39 heavy (non-hydrogen) atoms. The Morgan fingerprint density at radius 1 is 1.08 bits per heavy atom. The van der Waals surface area contributed by atoms with Gasteiger partial charge >= 0.3 is 0 Å². The smallest absolute Gasteiger partial charge is 0.246 e. The second-order valence-electron chi connectivity index (χ2n) is 12.1. The fourth-order valence-corrected chi connectivity index (χ4v) is 6.77. The van der Waals surface area contributed by atoms with Crippen LogP contribution in [0.25, 0.3) is 0 Å². The number of benzene rings is 1. The van der Waals surface area contributed by atoms with Crippen LogP contribution in [-0.4, -0.2) is 65.7 Å². The zero-order chi connectivity index (χ0) is 27.7. The standard InChI is InChI=1S/C31H43N3O5/c1-19(2)21-11-13-23(14-12-21)32-28(35)25-24-15-16-31(39-24)26(25)30(37)34(17-8-18-38-20(3)4)27(31)29(36)33-22-9-6-5-7-10-22/h11-16,19-20,22,24-27H,5-10,17-18H2,1-4H3,(H,32,35)(H,33,36)/t24-,25?,26-,27?,31?/m0/s1. The average Bonchev–Trinajstić information content (AvgIpc) is 3.54. The first-order valence-corrected chi connectivity index (χ1v) is 14.7. The van der Waals surface area contributed by atoms with Crippen molar-refractivity contribution in [2.75, 3.05) is 18.5 Å². The molecule has 4 aliphatic rings. The molecule has 0 aromatic heterocycles. The summed E-state index contributed by atoms with van der Waals surface area (Å²) in [5, 5.41) is 6.24. The summed E-state index contributed by atoms with van der Waals surface area (Å²) >= 11 is 0. The fraction of sp³-hybridized carbons (Fsp3) is 0.645. The van der Waals surface area contributed by atoms with Crippen molar-refractivity contribution in [1.29, 1.82) is 0 Å². The van der Waals surface area contributed by atoms with E-state index in [-0.39, 0.29) is 29.9 Å². The molecule has 0 radical (unpaired) electrons. The van der Waals surface area contributed by atoms with Crippen LogP contribution in [0.4, 0.5) is 5.69 Å². The fourth-order valence-electron chi connectivity index (χ4n) is 6.77. The van der Waals surface area contributed by atoms with Gasteiger partial charge in [0.2, 0.25) is 17.7 Å². The molecular weight excluding hydrogens is 494 g/mol. The number of fused-ring (bicyclic) bond motifs is 1. The van der Waals surface area contributed by atoms with Gasteiger partial charge in [-0.15, -0.1) is 0 Å². The highest BCUT2D eigenvalue weighted by atomic mass is 16.5. The van der Waals surface area contributed by atoms with Crippen molar-refractivity contribution in [3.05, 3.63) is 42.0 Å². The number of hydrogen-bond acceptors (Lipinski definition) is 5. The van der Waals surface area contributed by atoms with Gasteiger partial charge in [0.15, 0.2) is 0 Å². The van der Waals surface area contributed by atoms with Crippen LogP contribution in [0.3, 0.4) is 0 Å². The zero-order valence-electron chi connectivity index (χ0n) is 23.7. The van der Waals surface area contributed by atoms with E-state index in [2.05, 4.69) is 24.5 Å². The van der Waals surface area contributed by atoms with Gasteiger partial charge in [0.05, 0.1) is 24.0 Å². The van der Waals surface area contributed by atoms with E-state index in [1.54, 1.807) is 4.90 Å². The van der Waals surface area contributed by atoms with E-state index in [9.17, 15) is 14.4 Å². The number of nitrogens with one attached hydrogen (secondary N) is 2. The minimum absolute atomic E-state index is 0.0900. The molecule has 1 aromatic carbocycles. The maximum Gasteiger partial charge on any atom is 0.246 e. The summed E-state index contributed by atoms with van der Waals surface area (Å²) in [6.07, 6.45) is 9.17. The quantitative estimate of drug-likeness (QED) is 0.345. The molecule has 8 nitrogen and oxygen atoms in total. The molecule has 8 heteroatoms. The summed E-state index contributed by atoms with van der Waals surface area (Å²) in [7, 11) is 0. The maximum absolute atomic E-state index is 14.0. The van der Waals surface area contributed by atoms with Gasteiger partial charge in [-0.05, 0) is 56.7 Å². The first-order chi connectivity index (χ1) is 18.7. The van der Waals surface area contributed by atoms with Crippen molar-refractivity contribution in [1.82, 2.24) is 10.2 Å². The summed E-state index contributed by atoms with van der Waals surface area (Å²) in [5.74, 6) is -1.67. The molecule has 1 aromatic rings. The first-order valence-electron chi connectivity index (χ1n) is 14.7. The Labute approximate surface area is 231 Å². The van der Waals surface area contributed by atoms with Crippen molar-refractivity contribution >= 4 is 23.4 Å². The maximum atomic E-state index is 14.0. The summed E-state index contributed by atoms with van der Waals surface area (Å²) in [6.45, 7) is 9.06. The van der Waals surface area contributed by atoms with Crippen LogP contribution in [0.5, 0.6) is 0 Å². The Morgan fingerprint density at radius 3 is 2.46 bits per heavy atom. The van der Waals surface area contributed by atoms with Crippen LogP contribution in [-0.2, 0) is 23.9 Å². The van der Waals surface area contributed by atoms with Crippen LogP contribution in [0.15, 0.2) is 36.4 Å². The lowest BCUT2D eigenvalue weighted by atomic mass is 9.74. The molecule has 5 atom stereocenters. The summed E-state index contributed by atoms with van der Waals surface area (Å²) in [6, 6.07) is 7.10. The summed E-state index contributed by atoms with van der Waals surface area (Å²) < 4.78 is 12.2. The minimum atomic E-state index is -1.14. The second kappa shape index (κ2) is 11.4. The third-order valence-corrected chi connectivity index (χ3v) is 8.72. The number of hydrogen-bond donors (Lipinski definition) is 2. The normalized spacial score (nSPS) is 29.9. The third kappa shape index (κ3) is 5.38. The van der Waals surface area contributed by atoms with E-state index in [1.165, 1.54) is 12.0 Å². The Kier molecular flexibility index (Phi) is 8.15. The molecule has 2 N–H and O–H groups in total. The minimum Gasteiger partial charge on any atom is -0.379 e. The Morgan fingerprint density at radius 2 is 1.79 bits per heavy atom. The van der Waals surface area contributed by atoms with Gasteiger partial charge in [0.1, 0.15) is 11.6 Å². The number of likely N-dealkylation sites (tertiary alicyclic amines) is 1. The SMILES string of the molecule is CC(C)OCCCN1C(=O)[C@@H]2C(C(=O)Nc3ccc(C(C)C)cc3)[C@@H]3C=CC2(O3)C1C(=O)NC1CCCCC1. The Hall–Kier alpha value is -2.71. The van der Waals surface area contributed by atoms with Gasteiger partial charge in [-0.3, -0.25) is 14.4 Å². The number of nitrogens with zero attached hydrogens (tertiary/aromatic N) is 1. The van der Waals surface area contributed by atoms with Gasteiger partial charge in [-0.2, -0.15) is 0 Å². The number of carbonyl (C=O) groups is 3. The third-order valence-electron chi connectivity index (χ3n) is 8.72. The lowest BCUT2D eigenvalue weighted by Gasteiger charge is -2.34. The van der Waals surface area contributed by atoms with Gasteiger partial charge < -0.3 is 25.0 Å². The van der Waals surface area contributed by atoms with Gasteiger partial charge in [0.25, 0.3) is 0 Å². The van der Waals surface area contributed by atoms with E-state index >= 15 is 0 Å². The van der Waals surface area contributed by atoms with E-state index in [1.807, 2.05) is 50.3 Å². The highest BCUT2D eigenvalue weighted by molar-refractivity contribution is 6.02. The predicted molar refractivity (Wildman–Crippen MR) is 149 cm³/mol. The van der Waals surface area contributed by atoms with Crippen LogP contribution < -0.4 is 10.6 Å². The van der Waals surface area contributed by atoms with E-state index in [0.717, 1.165) is 25.7 Å². The van der Waals surface area contributed by atoms with Crippen LogP contribution in [0.2, 0.25) is 0 Å². The van der Waals surface area contributed by atoms with Crippen molar-refractivity contribution in [2.45, 2.75) is 102 Å². The van der Waals surface area contributed by atoms with Crippen LogP contribution >= 0.6 is 0 Å². The lowest BCUT2D eigenvalue weighted by Crippen LogP contribution is -2.56. The summed E-state index contributed by atoms with van der Waals surface area (Å²) in [4.78, 5) is 43.1. The van der Waals surface area contributed by atoms with E-state index in [0.29, 0.717) is 31.2 Å². The lowest BCUT2D eigenvalue weighted by molar-refractivity contribution is -0.141. The van der Waals surface area contributed by atoms with Gasteiger partial charge in [0, 0.05) is 24.9 Å². The summed E-state index contributed by atoms with van der Waals surface area (Å²) in [5.41, 5.74) is 0.737. The number of ether oxygens (including phenoxy) is 2. The van der Waals surface area contributed by atoms with Crippen LogP contribution in [0, 0.1) is 11.8 Å². The molecule has 3 unspecified atom stereocenters. The molecule has 3 amide bonds. The van der Waals surface area contributed by atoms with E-state index in [4.69, 9.17) is 9.47 Å². The largest absolute Gasteiger partial charge is 0.379 e. The Balaban J connectivity index is 1.37. The highest BCUT2D eigenvalue weighted by Crippen LogP contribution is 2.55. The molecule has 1 spiro atoms. The molecule has 3 fully saturated rings. The van der Waals surface area contributed by atoms with Crippen molar-refractivity contribution in [3.8, 4) is 0 Å². The van der Waals surface area contributed by atoms with Crippen LogP contribution in [0.1, 0.15) is 77.7 Å². The molecular formula is C31H43N3O5. The number of rotatable bonds is 10. The highest BCUT2D eigenvalue weighted by Gasteiger charge is 2.72. The molecule has 3 heterocycles. The number of anilines is 1. The zero-order valence-corrected chi connectivity index (χ0v) is 23.7. The first kappa shape index (κ1) is 27.8. The molecule has 5 rings (SSSR count). The monoisotopic (exact) mass is 537 g/mol. The predicted octanol–water partition coefficient (Wildman–Crippen LogP) is 4.16. The van der Waals surface area contributed by atoms with Gasteiger partial charge in [-0.1, -0.05) is 57.4 Å². The molecule has 2 bridgehead atoms.